The minimum atomic E-state index is -4.58. The second-order valence-electron chi connectivity index (χ2n) is 7.45. The van der Waals surface area contributed by atoms with E-state index >= 15 is 0 Å². The predicted molar refractivity (Wildman–Crippen MR) is 137 cm³/mol. The Kier molecular flexibility index (Phi) is 9.87. The molecule has 0 aromatic carbocycles. The van der Waals surface area contributed by atoms with Crippen LogP contribution in [-0.2, 0) is 8.01 Å². The molecule has 0 atom stereocenters. The van der Waals surface area contributed by atoms with Crippen molar-refractivity contribution in [1.82, 2.24) is 0 Å². The predicted octanol–water partition coefficient (Wildman–Crippen LogP) is 8.85. The fourth-order valence-electron chi connectivity index (χ4n) is 5.64. The summed E-state index contributed by atoms with van der Waals surface area (Å²) in [5.74, 6) is 0. The van der Waals surface area contributed by atoms with Gasteiger partial charge in [0.15, 0.2) is 0 Å². The Morgan fingerprint density at radius 3 is 0.600 bits per heavy atom. The van der Waals surface area contributed by atoms with Crippen LogP contribution in [0, 0.1) is 0 Å². The van der Waals surface area contributed by atoms with E-state index in [1.165, 1.54) is 0 Å². The molecule has 0 saturated heterocycles. The molecule has 0 aromatic heterocycles. The zero-order valence-electron chi connectivity index (χ0n) is 18.3. The SMILES string of the molecule is CC[PH](CC)(CC)[Rh]([Cl])([Cl])([Cl])([PH](CC)(CC)CC)[PH](CC)(CC)CC. The summed E-state index contributed by atoms with van der Waals surface area (Å²) in [5.41, 5.74) is -6.08. The average molecular weight is 567 g/mol. The molecule has 0 aliphatic heterocycles. The van der Waals surface area contributed by atoms with E-state index in [0.717, 1.165) is 55.5 Å². The monoisotopic (exact) mass is 565 g/mol. The van der Waals surface area contributed by atoms with Crippen LogP contribution in [0.25, 0.3) is 0 Å². The van der Waals surface area contributed by atoms with Gasteiger partial charge in [-0.15, -0.1) is 0 Å². The minimum absolute atomic E-state index is 1.16. The first-order valence-corrected chi connectivity index (χ1v) is 31.5. The molecule has 0 aliphatic carbocycles. The van der Waals surface area contributed by atoms with Crippen LogP contribution in [0.4, 0.5) is 0 Å². The molecule has 25 heavy (non-hydrogen) atoms. The van der Waals surface area contributed by atoms with E-state index < -0.39 is 24.8 Å². The van der Waals surface area contributed by atoms with Gasteiger partial charge in [0.1, 0.15) is 0 Å². The normalized spacial score (nSPS) is 19.2. The van der Waals surface area contributed by atoms with Crippen molar-refractivity contribution in [3.8, 4) is 0 Å². The van der Waals surface area contributed by atoms with Gasteiger partial charge in [-0.1, -0.05) is 0 Å². The molecule has 7 heteroatoms. The molecule has 0 spiro atoms. The van der Waals surface area contributed by atoms with Crippen molar-refractivity contribution in [3.05, 3.63) is 0 Å². The first kappa shape index (κ1) is 27.8. The summed E-state index contributed by atoms with van der Waals surface area (Å²) in [6.45, 7) is 21.3. The summed E-state index contributed by atoms with van der Waals surface area (Å²) >= 11 is 0. The van der Waals surface area contributed by atoms with Crippen LogP contribution in [0.15, 0.2) is 0 Å². The van der Waals surface area contributed by atoms with E-state index in [9.17, 15) is 0 Å². The molecule has 0 amide bonds. The Morgan fingerprint density at radius 2 is 0.520 bits per heavy atom. The maximum atomic E-state index is 8.40. The van der Waals surface area contributed by atoms with Gasteiger partial charge in [-0.3, -0.25) is 0 Å². The molecule has 0 rings (SSSR count). The van der Waals surface area contributed by atoms with Gasteiger partial charge >= 0.3 is 172 Å². The molecule has 165 valence electrons. The number of hydrogen-bond acceptors (Lipinski definition) is 0. The van der Waals surface area contributed by atoms with Crippen LogP contribution in [0.2, 0.25) is 0 Å². The molecule has 0 nitrogen and oxygen atoms in total. The topological polar surface area (TPSA) is 0 Å². The zero-order valence-corrected chi connectivity index (χ0v) is 25.2. The third-order valence-corrected chi connectivity index (χ3v) is 153. The summed E-state index contributed by atoms with van der Waals surface area (Å²) in [6, 6.07) is 0. The van der Waals surface area contributed by atoms with Gasteiger partial charge < -0.3 is 0 Å². The van der Waals surface area contributed by atoms with E-state index in [1.807, 2.05) is 0 Å². The third-order valence-electron chi connectivity index (χ3n) is 7.82. The van der Waals surface area contributed by atoms with Crippen LogP contribution < -0.4 is 0 Å². The Morgan fingerprint density at radius 1 is 0.400 bits per heavy atom. The molecule has 0 fully saturated rings. The van der Waals surface area contributed by atoms with Crippen LogP contribution in [0.1, 0.15) is 62.3 Å². The number of hydrogen-bond donors (Lipinski definition) is 0. The van der Waals surface area contributed by atoms with Crippen molar-refractivity contribution in [3.63, 3.8) is 0 Å². The van der Waals surface area contributed by atoms with Gasteiger partial charge in [0.05, 0.1) is 0 Å². The molecular formula is C18H48Cl3P3Rh. The van der Waals surface area contributed by atoms with E-state index in [-0.39, 0.29) is 0 Å². The summed E-state index contributed by atoms with van der Waals surface area (Å²) in [7, 11) is 20.6. The summed E-state index contributed by atoms with van der Waals surface area (Å²) < 4.78 is 0. The van der Waals surface area contributed by atoms with E-state index in [2.05, 4.69) is 62.3 Å². The molecule has 0 aliphatic rings. The first-order valence-electron chi connectivity index (χ1n) is 10.4. The molecular weight excluding hydrogens is 518 g/mol. The number of rotatable bonds is 12. The van der Waals surface area contributed by atoms with Crippen molar-refractivity contribution in [2.75, 3.05) is 55.5 Å². The molecule has 0 N–H and O–H groups in total. The van der Waals surface area contributed by atoms with Crippen LogP contribution >= 0.6 is 45.9 Å². The average Bonchev–Trinajstić information content (AvgIpc) is 2.59. The van der Waals surface area contributed by atoms with E-state index in [4.69, 9.17) is 29.1 Å². The maximum absolute atomic E-state index is 8.40. The second kappa shape index (κ2) is 8.88. The van der Waals surface area contributed by atoms with Crippen molar-refractivity contribution in [1.29, 1.82) is 0 Å². The summed E-state index contributed by atoms with van der Waals surface area (Å²) in [4.78, 5) is 0. The van der Waals surface area contributed by atoms with Gasteiger partial charge in [-0.05, 0) is 0 Å². The third kappa shape index (κ3) is 2.94. The first-order chi connectivity index (χ1) is 11.4. The van der Waals surface area contributed by atoms with Gasteiger partial charge in [0.25, 0.3) is 0 Å². The molecule has 0 radical (unpaired) electrons. The molecule has 0 bridgehead atoms. The zero-order chi connectivity index (χ0) is 20.3. The van der Waals surface area contributed by atoms with Crippen molar-refractivity contribution >= 4 is 45.9 Å². The Labute approximate surface area is 170 Å². The molecule has 0 heterocycles. The molecule has 0 unspecified atom stereocenters. The Balaban J connectivity index is 7.77. The second-order valence-corrected chi connectivity index (χ2v) is 86.2. The molecule has 0 aromatic rings. The van der Waals surface area contributed by atoms with Crippen molar-refractivity contribution in [2.45, 2.75) is 62.3 Å². The van der Waals surface area contributed by atoms with Crippen LogP contribution in [-0.4, -0.2) is 55.5 Å². The van der Waals surface area contributed by atoms with Crippen molar-refractivity contribution in [2.24, 2.45) is 0 Å². The van der Waals surface area contributed by atoms with Gasteiger partial charge in [0.2, 0.25) is 0 Å². The fourth-order valence-corrected chi connectivity index (χ4v) is 187. The Hall–Kier alpha value is 2.78. The van der Waals surface area contributed by atoms with E-state index in [0.29, 0.717) is 0 Å². The number of halogens is 3. The van der Waals surface area contributed by atoms with Crippen LogP contribution in [0.3, 0.4) is 0 Å². The van der Waals surface area contributed by atoms with Crippen molar-refractivity contribution < 1.29 is 8.01 Å². The Bertz CT molecular complexity index is 361. The van der Waals surface area contributed by atoms with Crippen LogP contribution in [0.5, 0.6) is 0 Å². The quantitative estimate of drug-likeness (QED) is 0.164. The fraction of sp³-hybridized carbons (Fsp3) is 1.00. The molecule has 0 saturated carbocycles. The summed E-state index contributed by atoms with van der Waals surface area (Å²) in [5, 5.41) is 0. The standard InChI is InChI=1S/3C6H15P.3ClH.Rh/c3*1-4-7(5-2)6-3;;;;/h3*4-6H2,1-3H3;3*1H;. The van der Waals surface area contributed by atoms with E-state index in [1.54, 1.807) is 0 Å². The van der Waals surface area contributed by atoms with Gasteiger partial charge in [-0.2, -0.15) is 0 Å². The van der Waals surface area contributed by atoms with Gasteiger partial charge in [0, 0.05) is 0 Å². The van der Waals surface area contributed by atoms with Gasteiger partial charge in [-0.25, -0.2) is 0 Å². The summed E-state index contributed by atoms with van der Waals surface area (Å²) in [6.07, 6.45) is 10.5.